The molecule has 3 atom stereocenters. The smallest absolute Gasteiger partial charge is 0.309 e. The lowest BCUT2D eigenvalue weighted by atomic mass is 9.84. The monoisotopic (exact) mass is 417 g/mol. The van der Waals surface area contributed by atoms with Crippen LogP contribution >= 0.6 is 0 Å². The third kappa shape index (κ3) is 5.34. The fraction of sp³-hybridized carbons (Fsp3) is 0.435. The van der Waals surface area contributed by atoms with E-state index in [9.17, 15) is 19.1 Å². The zero-order valence-electron chi connectivity index (χ0n) is 17.9. The van der Waals surface area contributed by atoms with Crippen molar-refractivity contribution in [3.05, 3.63) is 53.6 Å². The molecule has 0 radical (unpaired) electrons. The van der Waals surface area contributed by atoms with E-state index in [1.54, 1.807) is 32.0 Å². The number of esters is 1. The summed E-state index contributed by atoms with van der Waals surface area (Å²) in [6, 6.07) is 7.86. The topological polar surface area (TPSA) is 85.7 Å². The minimum Gasteiger partial charge on any atom is -0.503 e. The number of rotatable bonds is 9. The number of nitrogens with zero attached hydrogens (tertiary/aromatic N) is 1. The fourth-order valence-electron chi connectivity index (χ4n) is 3.54. The summed E-state index contributed by atoms with van der Waals surface area (Å²) in [5, 5.41) is 10.1. The van der Waals surface area contributed by atoms with Crippen LogP contribution in [0.3, 0.4) is 0 Å². The van der Waals surface area contributed by atoms with Gasteiger partial charge in [0.2, 0.25) is 0 Å². The molecule has 2 rings (SSSR count). The van der Waals surface area contributed by atoms with Crippen LogP contribution in [0.25, 0.3) is 0 Å². The van der Waals surface area contributed by atoms with Crippen molar-refractivity contribution in [2.24, 2.45) is 11.8 Å². The van der Waals surface area contributed by atoms with Gasteiger partial charge in [-0.2, -0.15) is 0 Å². The summed E-state index contributed by atoms with van der Waals surface area (Å²) in [5.74, 6) is -2.72. The maximum atomic E-state index is 14.3. The van der Waals surface area contributed by atoms with E-state index in [0.29, 0.717) is 5.56 Å². The molecular formula is C23H28FNO5. The summed E-state index contributed by atoms with van der Waals surface area (Å²) in [7, 11) is 1.37. The van der Waals surface area contributed by atoms with E-state index in [0.717, 1.165) is 0 Å². The Morgan fingerprint density at radius 2 is 1.80 bits per heavy atom. The standard InChI is InChI=1S/C23H28FNO5/c1-13(2)20(16-8-6-7-9-17(16)24)15(4)30-23(28)14(3)12-18(26)21-22(27)19(29-5)10-11-25-21/h6-11,13-15,20,27H,12H2,1-5H3/t14-,15+,20-/m1/s1. The Bertz CT molecular complexity index is 899. The zero-order valence-corrected chi connectivity index (χ0v) is 17.9. The number of aromatic hydroxyl groups is 1. The van der Waals surface area contributed by atoms with E-state index < -0.39 is 23.8 Å². The highest BCUT2D eigenvalue weighted by molar-refractivity contribution is 5.99. The molecule has 0 fully saturated rings. The van der Waals surface area contributed by atoms with E-state index in [1.807, 2.05) is 13.8 Å². The first-order valence-electron chi connectivity index (χ1n) is 9.87. The number of aromatic nitrogens is 1. The number of pyridine rings is 1. The van der Waals surface area contributed by atoms with E-state index in [4.69, 9.17) is 9.47 Å². The molecular weight excluding hydrogens is 389 g/mol. The van der Waals surface area contributed by atoms with Gasteiger partial charge >= 0.3 is 5.97 Å². The molecule has 0 saturated heterocycles. The summed E-state index contributed by atoms with van der Waals surface area (Å²) in [6.45, 7) is 7.16. The molecule has 0 bridgehead atoms. The maximum Gasteiger partial charge on any atom is 0.309 e. The van der Waals surface area contributed by atoms with Crippen molar-refractivity contribution in [1.29, 1.82) is 0 Å². The van der Waals surface area contributed by atoms with Crippen LogP contribution in [0.15, 0.2) is 36.5 Å². The van der Waals surface area contributed by atoms with Gasteiger partial charge in [-0.3, -0.25) is 9.59 Å². The Balaban J connectivity index is 2.09. The molecule has 0 spiro atoms. The molecule has 1 aromatic heterocycles. The second-order valence-electron chi connectivity index (χ2n) is 7.67. The summed E-state index contributed by atoms with van der Waals surface area (Å²) in [6.07, 6.45) is 0.569. The third-order valence-corrected chi connectivity index (χ3v) is 5.06. The largest absolute Gasteiger partial charge is 0.503 e. The maximum absolute atomic E-state index is 14.3. The summed E-state index contributed by atoms with van der Waals surface area (Å²) >= 11 is 0. The molecule has 6 nitrogen and oxygen atoms in total. The van der Waals surface area contributed by atoms with Crippen LogP contribution in [0.2, 0.25) is 0 Å². The fourth-order valence-corrected chi connectivity index (χ4v) is 3.54. The van der Waals surface area contributed by atoms with Crippen LogP contribution in [0.4, 0.5) is 4.39 Å². The van der Waals surface area contributed by atoms with Crippen molar-refractivity contribution < 1.29 is 28.6 Å². The molecule has 1 N–H and O–H groups in total. The SMILES string of the molecule is COc1ccnc(C(=O)C[C@@H](C)C(=O)O[C@@H](C)[C@H](c2ccccc2F)C(C)C)c1O. The lowest BCUT2D eigenvalue weighted by molar-refractivity contribution is -0.154. The number of Topliss-reactive ketones (excluding diaryl/α,β-unsaturated/α-hetero) is 1. The number of ether oxygens (including phenoxy) is 2. The van der Waals surface area contributed by atoms with Crippen LogP contribution in [0, 0.1) is 17.7 Å². The number of benzene rings is 1. The van der Waals surface area contributed by atoms with Gasteiger partial charge in [0, 0.05) is 24.6 Å². The Hall–Kier alpha value is -2.96. The van der Waals surface area contributed by atoms with Crippen LogP contribution in [0.5, 0.6) is 11.5 Å². The molecule has 7 heteroatoms. The molecule has 0 aliphatic carbocycles. The van der Waals surface area contributed by atoms with E-state index >= 15 is 0 Å². The lowest BCUT2D eigenvalue weighted by Crippen LogP contribution is -2.30. The number of ketones is 1. The minimum atomic E-state index is -0.763. The predicted molar refractivity (Wildman–Crippen MR) is 110 cm³/mol. The molecule has 0 saturated carbocycles. The van der Waals surface area contributed by atoms with Gasteiger partial charge in [0.05, 0.1) is 13.0 Å². The minimum absolute atomic E-state index is 0.0274. The first-order valence-corrected chi connectivity index (χ1v) is 9.87. The molecule has 0 amide bonds. The van der Waals surface area contributed by atoms with Crippen molar-refractivity contribution in [1.82, 2.24) is 4.98 Å². The average Bonchev–Trinajstić information content (AvgIpc) is 2.69. The summed E-state index contributed by atoms with van der Waals surface area (Å²) in [5.41, 5.74) is 0.329. The number of halogens is 1. The van der Waals surface area contributed by atoms with E-state index in [-0.39, 0.29) is 41.3 Å². The Morgan fingerprint density at radius 3 is 2.40 bits per heavy atom. The van der Waals surface area contributed by atoms with E-state index in [1.165, 1.54) is 25.4 Å². The van der Waals surface area contributed by atoms with Gasteiger partial charge in [-0.25, -0.2) is 9.37 Å². The van der Waals surface area contributed by atoms with Gasteiger partial charge in [-0.05, 0) is 24.5 Å². The molecule has 1 heterocycles. The first-order chi connectivity index (χ1) is 14.2. The number of carbonyl (C=O) groups excluding carboxylic acids is 2. The molecule has 162 valence electrons. The van der Waals surface area contributed by atoms with Gasteiger partial charge in [0.15, 0.2) is 23.0 Å². The Kier molecular flexibility index (Phi) is 7.92. The first kappa shape index (κ1) is 23.3. The van der Waals surface area contributed by atoms with Gasteiger partial charge in [0.25, 0.3) is 0 Å². The Labute approximate surface area is 176 Å². The van der Waals surface area contributed by atoms with Crippen molar-refractivity contribution in [3.63, 3.8) is 0 Å². The molecule has 0 aliphatic rings. The highest BCUT2D eigenvalue weighted by Crippen LogP contribution is 2.32. The van der Waals surface area contributed by atoms with Crippen LogP contribution in [-0.4, -0.2) is 35.1 Å². The van der Waals surface area contributed by atoms with Crippen LogP contribution < -0.4 is 4.74 Å². The van der Waals surface area contributed by atoms with Gasteiger partial charge in [-0.1, -0.05) is 39.0 Å². The molecule has 30 heavy (non-hydrogen) atoms. The zero-order chi connectivity index (χ0) is 22.4. The van der Waals surface area contributed by atoms with Crippen molar-refractivity contribution in [2.45, 2.75) is 46.1 Å². The molecule has 0 unspecified atom stereocenters. The lowest BCUT2D eigenvalue weighted by Gasteiger charge is -2.29. The Morgan fingerprint density at radius 1 is 1.13 bits per heavy atom. The quantitative estimate of drug-likeness (QED) is 0.477. The van der Waals surface area contributed by atoms with Crippen LogP contribution in [-0.2, 0) is 9.53 Å². The van der Waals surface area contributed by atoms with Crippen molar-refractivity contribution >= 4 is 11.8 Å². The second-order valence-corrected chi connectivity index (χ2v) is 7.67. The van der Waals surface area contributed by atoms with Crippen LogP contribution in [0.1, 0.15) is 56.1 Å². The van der Waals surface area contributed by atoms with Crippen molar-refractivity contribution in [3.8, 4) is 11.5 Å². The van der Waals surface area contributed by atoms with E-state index in [2.05, 4.69) is 4.98 Å². The molecule has 0 aliphatic heterocycles. The number of methoxy groups -OCH3 is 1. The van der Waals surface area contributed by atoms with Gasteiger partial charge in [0.1, 0.15) is 11.9 Å². The molecule has 1 aromatic carbocycles. The summed E-state index contributed by atoms with van der Waals surface area (Å²) in [4.78, 5) is 29.0. The second kappa shape index (κ2) is 10.2. The normalized spacial score (nSPS) is 14.1. The third-order valence-electron chi connectivity index (χ3n) is 5.06. The summed E-state index contributed by atoms with van der Waals surface area (Å²) < 4.78 is 24.9. The predicted octanol–water partition coefficient (Wildman–Crippen LogP) is 4.52. The number of carbonyl (C=O) groups is 2. The highest BCUT2D eigenvalue weighted by atomic mass is 19.1. The van der Waals surface area contributed by atoms with Gasteiger partial charge < -0.3 is 14.6 Å². The number of hydrogen-bond donors (Lipinski definition) is 1. The number of hydrogen-bond acceptors (Lipinski definition) is 6. The molecule has 2 aromatic rings. The van der Waals surface area contributed by atoms with Crippen molar-refractivity contribution in [2.75, 3.05) is 7.11 Å². The average molecular weight is 417 g/mol. The van der Waals surface area contributed by atoms with Gasteiger partial charge in [-0.15, -0.1) is 0 Å². The highest BCUT2D eigenvalue weighted by Gasteiger charge is 2.30.